The van der Waals surface area contributed by atoms with E-state index in [2.05, 4.69) is 15.5 Å². The van der Waals surface area contributed by atoms with Gasteiger partial charge in [0.25, 0.3) is 0 Å². The minimum Gasteiger partial charge on any atom is -0.469 e. The van der Waals surface area contributed by atoms with Crippen molar-refractivity contribution >= 4 is 29.1 Å². The van der Waals surface area contributed by atoms with E-state index in [0.29, 0.717) is 22.2 Å². The number of thioether (sulfide) groups is 1. The van der Waals surface area contributed by atoms with E-state index >= 15 is 0 Å². The van der Waals surface area contributed by atoms with E-state index in [-0.39, 0.29) is 11.7 Å². The Labute approximate surface area is 161 Å². The molecule has 1 atom stereocenters. The number of anilines is 1. The normalized spacial score (nSPS) is 12.0. The second-order valence-electron chi connectivity index (χ2n) is 6.14. The van der Waals surface area contributed by atoms with E-state index in [1.165, 1.54) is 18.7 Å². The maximum atomic E-state index is 12.5. The molecule has 27 heavy (non-hydrogen) atoms. The van der Waals surface area contributed by atoms with Crippen LogP contribution in [0.5, 0.6) is 0 Å². The first-order valence-corrected chi connectivity index (χ1v) is 9.27. The molecule has 140 valence electrons. The predicted octanol–water partition coefficient (Wildman–Crippen LogP) is 3.71. The predicted molar refractivity (Wildman–Crippen MR) is 104 cm³/mol. The van der Waals surface area contributed by atoms with Crippen molar-refractivity contribution in [3.8, 4) is 11.4 Å². The highest BCUT2D eigenvalue weighted by Gasteiger charge is 2.20. The van der Waals surface area contributed by atoms with E-state index in [1.807, 2.05) is 24.6 Å². The van der Waals surface area contributed by atoms with Gasteiger partial charge >= 0.3 is 0 Å². The summed E-state index contributed by atoms with van der Waals surface area (Å²) in [6.07, 6.45) is 1.61. The molecule has 1 aromatic carbocycles. The lowest BCUT2D eigenvalue weighted by molar-refractivity contribution is -0.115. The molecule has 0 saturated carbocycles. The zero-order valence-electron chi connectivity index (χ0n) is 15.5. The molecule has 3 rings (SSSR count). The minimum atomic E-state index is -0.396. The van der Waals surface area contributed by atoms with Crippen molar-refractivity contribution in [1.29, 1.82) is 0 Å². The number of nitrogens with one attached hydrogen (secondary N) is 1. The smallest absolute Gasteiger partial charge is 0.237 e. The van der Waals surface area contributed by atoms with Crippen molar-refractivity contribution in [2.45, 2.75) is 31.2 Å². The van der Waals surface area contributed by atoms with Crippen LogP contribution in [-0.4, -0.2) is 31.7 Å². The number of Topliss-reactive ketones (excluding diaryl/α,β-unsaturated/α-hetero) is 1. The number of carbonyl (C=O) groups excluding carboxylic acids is 2. The van der Waals surface area contributed by atoms with Crippen molar-refractivity contribution in [3.05, 3.63) is 47.9 Å². The number of ketones is 1. The maximum Gasteiger partial charge on any atom is 0.237 e. The van der Waals surface area contributed by atoms with Gasteiger partial charge in [-0.2, -0.15) is 0 Å². The quantitative estimate of drug-likeness (QED) is 0.515. The Morgan fingerprint density at radius 3 is 2.70 bits per heavy atom. The third kappa shape index (κ3) is 4.11. The Bertz CT molecular complexity index is 993. The molecule has 0 aliphatic carbocycles. The standard InChI is InChI=1S/C19H20N4O3S/c1-11(24)14-6-5-7-15(10-14)20-18(25)13(3)27-19-22-21-17(23(19)4)16-8-9-26-12(16)2/h5-10,13H,1-4H3,(H,20,25)/t13-/m0/s1. The van der Waals surface area contributed by atoms with E-state index in [9.17, 15) is 9.59 Å². The largest absolute Gasteiger partial charge is 0.469 e. The molecule has 8 heteroatoms. The van der Waals surface area contributed by atoms with Gasteiger partial charge < -0.3 is 14.3 Å². The number of aromatic nitrogens is 3. The van der Waals surface area contributed by atoms with Gasteiger partial charge in [-0.1, -0.05) is 23.9 Å². The lowest BCUT2D eigenvalue weighted by Gasteiger charge is -2.12. The first kappa shape index (κ1) is 18.9. The SMILES string of the molecule is CC(=O)c1cccc(NC(=O)[C@H](C)Sc2nnc(-c3ccoc3C)n2C)c1. The second kappa shape index (κ2) is 7.79. The zero-order valence-corrected chi connectivity index (χ0v) is 16.3. The van der Waals surface area contributed by atoms with Crippen molar-refractivity contribution < 1.29 is 14.0 Å². The average molecular weight is 384 g/mol. The summed E-state index contributed by atoms with van der Waals surface area (Å²) < 4.78 is 7.16. The maximum absolute atomic E-state index is 12.5. The molecular weight excluding hydrogens is 364 g/mol. The lowest BCUT2D eigenvalue weighted by atomic mass is 10.1. The number of benzene rings is 1. The average Bonchev–Trinajstić information content (AvgIpc) is 3.21. The molecule has 0 bridgehead atoms. The summed E-state index contributed by atoms with van der Waals surface area (Å²) in [5.74, 6) is 1.23. The summed E-state index contributed by atoms with van der Waals surface area (Å²) in [6.45, 7) is 5.15. The fourth-order valence-corrected chi connectivity index (χ4v) is 3.36. The van der Waals surface area contributed by atoms with Gasteiger partial charge in [-0.3, -0.25) is 9.59 Å². The summed E-state index contributed by atoms with van der Waals surface area (Å²) in [5, 5.41) is 11.5. The third-order valence-corrected chi connectivity index (χ3v) is 5.26. The molecule has 3 aromatic rings. The number of amides is 1. The van der Waals surface area contributed by atoms with Crippen LogP contribution in [0.15, 0.2) is 46.2 Å². The van der Waals surface area contributed by atoms with E-state index in [1.54, 1.807) is 37.5 Å². The number of hydrogen-bond donors (Lipinski definition) is 1. The highest BCUT2D eigenvalue weighted by atomic mass is 32.2. The third-order valence-electron chi connectivity index (χ3n) is 4.12. The molecule has 0 aliphatic heterocycles. The monoisotopic (exact) mass is 384 g/mol. The number of rotatable bonds is 6. The van der Waals surface area contributed by atoms with Gasteiger partial charge in [-0.05, 0) is 39.0 Å². The second-order valence-corrected chi connectivity index (χ2v) is 7.45. The minimum absolute atomic E-state index is 0.0466. The number of nitrogens with zero attached hydrogens (tertiary/aromatic N) is 3. The Morgan fingerprint density at radius 2 is 2.04 bits per heavy atom. The van der Waals surface area contributed by atoms with Gasteiger partial charge in [0.05, 0.1) is 17.1 Å². The molecule has 0 saturated heterocycles. The highest BCUT2D eigenvalue weighted by molar-refractivity contribution is 8.00. The molecule has 0 spiro atoms. The summed E-state index contributed by atoms with van der Waals surface area (Å²) in [7, 11) is 1.85. The van der Waals surface area contributed by atoms with Crippen LogP contribution in [0.25, 0.3) is 11.4 Å². The van der Waals surface area contributed by atoms with Gasteiger partial charge in [0, 0.05) is 18.3 Å². The molecule has 2 heterocycles. The molecule has 0 radical (unpaired) electrons. The topological polar surface area (TPSA) is 90.0 Å². The molecule has 0 aliphatic rings. The Kier molecular flexibility index (Phi) is 5.46. The molecule has 2 aromatic heterocycles. The van der Waals surface area contributed by atoms with Crippen molar-refractivity contribution in [3.63, 3.8) is 0 Å². The number of carbonyl (C=O) groups is 2. The summed E-state index contributed by atoms with van der Waals surface area (Å²) in [5.41, 5.74) is 2.02. The first-order valence-electron chi connectivity index (χ1n) is 8.39. The van der Waals surface area contributed by atoms with Gasteiger partial charge in [-0.25, -0.2) is 0 Å². The number of aryl methyl sites for hydroxylation is 1. The molecule has 1 N–H and O–H groups in total. The summed E-state index contributed by atoms with van der Waals surface area (Å²) in [4.78, 5) is 24.0. The highest BCUT2D eigenvalue weighted by Crippen LogP contribution is 2.28. The van der Waals surface area contributed by atoms with Crippen LogP contribution in [0.1, 0.15) is 30.0 Å². The zero-order chi connectivity index (χ0) is 19.6. The van der Waals surface area contributed by atoms with E-state index < -0.39 is 5.25 Å². The number of hydrogen-bond acceptors (Lipinski definition) is 6. The van der Waals surface area contributed by atoms with Crippen LogP contribution in [0.3, 0.4) is 0 Å². The number of furan rings is 1. The molecular formula is C19H20N4O3S. The van der Waals surface area contributed by atoms with Crippen LogP contribution >= 0.6 is 11.8 Å². The van der Waals surface area contributed by atoms with Crippen molar-refractivity contribution in [2.75, 3.05) is 5.32 Å². The van der Waals surface area contributed by atoms with Crippen molar-refractivity contribution in [2.24, 2.45) is 7.05 Å². The van der Waals surface area contributed by atoms with Crippen molar-refractivity contribution in [1.82, 2.24) is 14.8 Å². The molecule has 7 nitrogen and oxygen atoms in total. The Morgan fingerprint density at radius 1 is 1.26 bits per heavy atom. The molecule has 1 amide bonds. The lowest BCUT2D eigenvalue weighted by Crippen LogP contribution is -2.23. The van der Waals surface area contributed by atoms with Crippen LogP contribution < -0.4 is 5.32 Å². The van der Waals surface area contributed by atoms with E-state index in [4.69, 9.17) is 4.42 Å². The van der Waals surface area contributed by atoms with Crippen LogP contribution in [-0.2, 0) is 11.8 Å². The van der Waals surface area contributed by atoms with E-state index in [0.717, 1.165) is 11.3 Å². The molecule has 0 unspecified atom stereocenters. The van der Waals surface area contributed by atoms with Gasteiger partial charge in [0.15, 0.2) is 16.8 Å². The van der Waals surface area contributed by atoms with Crippen LogP contribution in [0.2, 0.25) is 0 Å². The first-order chi connectivity index (χ1) is 12.9. The fraction of sp³-hybridized carbons (Fsp3) is 0.263. The van der Waals surface area contributed by atoms with Gasteiger partial charge in [0.1, 0.15) is 5.76 Å². The fourth-order valence-electron chi connectivity index (χ4n) is 2.54. The summed E-state index contributed by atoms with van der Waals surface area (Å²) in [6, 6.07) is 8.72. The molecule has 0 fully saturated rings. The van der Waals surface area contributed by atoms with Gasteiger partial charge in [-0.15, -0.1) is 10.2 Å². The van der Waals surface area contributed by atoms with Crippen LogP contribution in [0, 0.1) is 6.92 Å². The summed E-state index contributed by atoms with van der Waals surface area (Å²) >= 11 is 1.31. The van der Waals surface area contributed by atoms with Crippen LogP contribution in [0.4, 0.5) is 5.69 Å². The Balaban J connectivity index is 1.70. The Hall–Kier alpha value is -2.87. The van der Waals surface area contributed by atoms with Gasteiger partial charge in [0.2, 0.25) is 5.91 Å².